The summed E-state index contributed by atoms with van der Waals surface area (Å²) in [5, 5.41) is 5.70. The molecule has 0 spiro atoms. The van der Waals surface area contributed by atoms with Crippen LogP contribution < -0.4 is 10.6 Å². The Morgan fingerprint density at radius 3 is 1.41 bits per heavy atom. The van der Waals surface area contributed by atoms with Crippen LogP contribution in [-0.2, 0) is 21.6 Å². The molecule has 0 aliphatic rings. The van der Waals surface area contributed by atoms with E-state index in [-0.39, 0.29) is 6.03 Å². The lowest BCUT2D eigenvalue weighted by atomic mass is 10.2. The first-order valence-electron chi connectivity index (χ1n) is 8.14. The third kappa shape index (κ3) is 17.6. The molecule has 2 amide bonds. The predicted octanol–water partition coefficient (Wildman–Crippen LogP) is 2.16. The van der Waals surface area contributed by atoms with Crippen molar-refractivity contribution in [1.29, 1.82) is 0 Å². The molecule has 2 atom stereocenters. The maximum absolute atomic E-state index is 11.5. The molecule has 0 aromatic rings. The zero-order chi connectivity index (χ0) is 16.6. The van der Waals surface area contributed by atoms with E-state index in [4.69, 9.17) is 0 Å². The monoisotopic (exact) mass is 352 g/mol. The molecule has 0 rings (SSSR count). The average Bonchev–Trinajstić information content (AvgIpc) is 2.44. The Balaban J connectivity index is 3.23. The van der Waals surface area contributed by atoms with E-state index in [1.165, 1.54) is 0 Å². The molecule has 7 heteroatoms. The first-order valence-corrected chi connectivity index (χ1v) is 11.6. The number of hydrogen-bond donors (Lipinski definition) is 2. The van der Waals surface area contributed by atoms with Crippen molar-refractivity contribution in [3.63, 3.8) is 0 Å². The van der Waals surface area contributed by atoms with E-state index >= 15 is 0 Å². The van der Waals surface area contributed by atoms with Crippen LogP contribution in [0.4, 0.5) is 4.79 Å². The Morgan fingerprint density at radius 1 is 0.682 bits per heavy atom. The van der Waals surface area contributed by atoms with E-state index in [0.29, 0.717) is 13.1 Å². The maximum Gasteiger partial charge on any atom is 0.314 e. The van der Waals surface area contributed by atoms with Crippen LogP contribution in [0.2, 0.25) is 0 Å². The molecule has 0 aliphatic heterocycles. The lowest BCUT2D eigenvalue weighted by Crippen LogP contribution is -2.36. The number of carbonyl (C=O) groups excluding carboxylic acids is 1. The van der Waals surface area contributed by atoms with Crippen molar-refractivity contribution in [2.75, 3.05) is 37.1 Å². The molecule has 5 nitrogen and oxygen atoms in total. The minimum atomic E-state index is -0.685. The van der Waals surface area contributed by atoms with Gasteiger partial charge in [0.1, 0.15) is 0 Å². The number of unbranched alkanes of at least 4 members (excludes halogenated alkanes) is 6. The van der Waals surface area contributed by atoms with Gasteiger partial charge in [-0.2, -0.15) is 0 Å². The molecule has 0 unspecified atom stereocenters. The van der Waals surface area contributed by atoms with Crippen molar-refractivity contribution in [3.8, 4) is 0 Å². The highest BCUT2D eigenvalue weighted by molar-refractivity contribution is 7.84. The summed E-state index contributed by atoms with van der Waals surface area (Å²) in [6.45, 7) is 1.40. The van der Waals surface area contributed by atoms with Gasteiger partial charge in [-0.3, -0.25) is 8.42 Å². The second kappa shape index (κ2) is 15.5. The quantitative estimate of drug-likeness (QED) is 0.470. The topological polar surface area (TPSA) is 75.3 Å². The van der Waals surface area contributed by atoms with Gasteiger partial charge < -0.3 is 10.6 Å². The highest BCUT2D eigenvalue weighted by Gasteiger charge is 1.99. The minimum absolute atomic E-state index is 0.0932. The fourth-order valence-electron chi connectivity index (χ4n) is 2.03. The Kier molecular flexibility index (Phi) is 15.2. The average molecular weight is 353 g/mol. The number of hydrogen-bond acceptors (Lipinski definition) is 3. The number of amides is 2. The van der Waals surface area contributed by atoms with E-state index in [0.717, 1.165) is 62.9 Å². The molecule has 0 saturated heterocycles. The molecule has 0 saturated carbocycles. The van der Waals surface area contributed by atoms with E-state index in [9.17, 15) is 13.2 Å². The number of rotatable bonds is 14. The molecule has 0 bridgehead atoms. The van der Waals surface area contributed by atoms with Crippen molar-refractivity contribution < 1.29 is 13.2 Å². The third-order valence-electron chi connectivity index (χ3n) is 3.29. The van der Waals surface area contributed by atoms with Gasteiger partial charge in [-0.15, -0.1) is 0 Å². The molecule has 22 heavy (non-hydrogen) atoms. The van der Waals surface area contributed by atoms with Crippen molar-refractivity contribution in [3.05, 3.63) is 0 Å². The Morgan fingerprint density at radius 2 is 1.05 bits per heavy atom. The molecule has 0 radical (unpaired) electrons. The largest absolute Gasteiger partial charge is 0.338 e. The van der Waals surface area contributed by atoms with E-state index in [1.54, 1.807) is 12.5 Å². The predicted molar refractivity (Wildman–Crippen MR) is 96.2 cm³/mol. The van der Waals surface area contributed by atoms with Gasteiger partial charge in [0.2, 0.25) is 0 Å². The SMILES string of the molecule is C[S@](=O)CCCCCCNC(=O)NCCCCCC[S@@](C)=O. The highest BCUT2D eigenvalue weighted by Crippen LogP contribution is 2.00. The molecule has 0 heterocycles. The van der Waals surface area contributed by atoms with Crippen LogP contribution in [0.15, 0.2) is 0 Å². The second-order valence-electron chi connectivity index (χ2n) is 5.57. The summed E-state index contributed by atoms with van der Waals surface area (Å²) in [7, 11) is -1.37. The van der Waals surface area contributed by atoms with Crippen LogP contribution in [0.5, 0.6) is 0 Å². The molecule has 0 aromatic heterocycles. The van der Waals surface area contributed by atoms with Crippen LogP contribution in [-0.4, -0.2) is 51.6 Å². The smallest absolute Gasteiger partial charge is 0.314 e. The summed E-state index contributed by atoms with van der Waals surface area (Å²) in [6.07, 6.45) is 11.7. The van der Waals surface area contributed by atoms with Crippen molar-refractivity contribution in [2.45, 2.75) is 51.4 Å². The van der Waals surface area contributed by atoms with Crippen LogP contribution in [0.25, 0.3) is 0 Å². The van der Waals surface area contributed by atoms with Gasteiger partial charge in [0, 0.05) is 58.7 Å². The summed E-state index contributed by atoms with van der Waals surface area (Å²) >= 11 is 0. The fraction of sp³-hybridized carbons (Fsp3) is 0.933. The minimum Gasteiger partial charge on any atom is -0.338 e. The van der Waals surface area contributed by atoms with Crippen LogP contribution in [0, 0.1) is 0 Å². The molecule has 0 fully saturated rings. The van der Waals surface area contributed by atoms with Gasteiger partial charge in [0.15, 0.2) is 0 Å². The fourth-order valence-corrected chi connectivity index (χ4v) is 3.26. The van der Waals surface area contributed by atoms with Gasteiger partial charge in [-0.25, -0.2) is 4.79 Å². The van der Waals surface area contributed by atoms with Gasteiger partial charge in [-0.1, -0.05) is 25.7 Å². The van der Waals surface area contributed by atoms with E-state index in [1.807, 2.05) is 0 Å². The second-order valence-corrected chi connectivity index (χ2v) is 8.68. The zero-order valence-electron chi connectivity index (χ0n) is 14.0. The molecule has 0 aliphatic carbocycles. The molecule has 2 N–H and O–H groups in total. The Bertz CT molecular complexity index is 309. The van der Waals surface area contributed by atoms with Gasteiger partial charge in [0.05, 0.1) is 0 Å². The number of carbonyl (C=O) groups is 1. The summed E-state index contributed by atoms with van der Waals surface area (Å²) in [5.74, 6) is 1.56. The van der Waals surface area contributed by atoms with Crippen molar-refractivity contribution in [1.82, 2.24) is 10.6 Å². The lowest BCUT2D eigenvalue weighted by Gasteiger charge is -2.07. The van der Waals surface area contributed by atoms with Crippen molar-refractivity contribution in [2.24, 2.45) is 0 Å². The molecular weight excluding hydrogens is 320 g/mol. The Hall–Kier alpha value is -0.430. The number of urea groups is 1. The Labute approximate surface area is 140 Å². The van der Waals surface area contributed by atoms with Crippen LogP contribution >= 0.6 is 0 Å². The van der Waals surface area contributed by atoms with Crippen LogP contribution in [0.3, 0.4) is 0 Å². The highest BCUT2D eigenvalue weighted by atomic mass is 32.2. The first kappa shape index (κ1) is 21.6. The van der Waals surface area contributed by atoms with Gasteiger partial charge >= 0.3 is 6.03 Å². The van der Waals surface area contributed by atoms with E-state index < -0.39 is 21.6 Å². The maximum atomic E-state index is 11.5. The molecular formula is C15H32N2O3S2. The van der Waals surface area contributed by atoms with E-state index in [2.05, 4.69) is 10.6 Å². The van der Waals surface area contributed by atoms with Gasteiger partial charge in [-0.05, 0) is 25.7 Å². The summed E-state index contributed by atoms with van der Waals surface area (Å²) in [6, 6.07) is -0.0932. The molecule has 132 valence electrons. The summed E-state index contributed by atoms with van der Waals surface area (Å²) in [5.41, 5.74) is 0. The van der Waals surface area contributed by atoms with Crippen LogP contribution in [0.1, 0.15) is 51.4 Å². The van der Waals surface area contributed by atoms with Gasteiger partial charge in [0.25, 0.3) is 0 Å². The number of nitrogens with one attached hydrogen (secondary N) is 2. The zero-order valence-corrected chi connectivity index (χ0v) is 15.7. The third-order valence-corrected chi connectivity index (χ3v) is 5.02. The van der Waals surface area contributed by atoms with Crippen molar-refractivity contribution >= 4 is 27.6 Å². The summed E-state index contributed by atoms with van der Waals surface area (Å²) < 4.78 is 21.7. The first-order chi connectivity index (χ1) is 10.5. The standard InChI is InChI=1S/C15H32N2O3S2/c1-21(19)13-9-5-3-7-11-16-15(18)17-12-8-4-6-10-14-22(2)20/h3-14H2,1-2H3,(H2,16,17,18)/t21-,22+. The molecule has 0 aromatic carbocycles. The summed E-state index contributed by atoms with van der Waals surface area (Å²) in [4.78, 5) is 11.5. The normalized spacial score (nSPS) is 13.5. The lowest BCUT2D eigenvalue weighted by molar-refractivity contribution is 0.240.